The van der Waals surface area contributed by atoms with Crippen molar-refractivity contribution in [2.45, 2.75) is 4.90 Å². The summed E-state index contributed by atoms with van der Waals surface area (Å²) < 4.78 is 33.0. The Hall–Kier alpha value is -0.364. The number of hydrogen-bond acceptors (Lipinski definition) is 6. The van der Waals surface area contributed by atoms with Gasteiger partial charge in [0.25, 0.3) is 11.6 Å². The van der Waals surface area contributed by atoms with Gasteiger partial charge in [-0.2, -0.15) is 0 Å². The number of rotatable bonds is 3. The third kappa shape index (κ3) is 4.59. The Labute approximate surface area is 152 Å². The molecule has 0 fully saturated rings. The Bertz CT molecular complexity index is 613. The second kappa shape index (κ2) is 6.88. The summed E-state index contributed by atoms with van der Waals surface area (Å²) in [5, 5.41) is 10.5. The zero-order valence-corrected chi connectivity index (χ0v) is 14.4. The SMILES string of the molecule is CN(C)C(=O)c1ccc([N+](=O)[O-])cc1S(=O)(=O)[O-].[K+]. The van der Waals surface area contributed by atoms with Crippen LogP contribution < -0.4 is 51.4 Å². The van der Waals surface area contributed by atoms with E-state index in [2.05, 4.69) is 0 Å². The molecule has 0 unspecified atom stereocenters. The molecule has 1 rings (SSSR count). The van der Waals surface area contributed by atoms with E-state index in [9.17, 15) is 27.9 Å². The van der Waals surface area contributed by atoms with E-state index < -0.39 is 31.5 Å². The van der Waals surface area contributed by atoms with Gasteiger partial charge < -0.3 is 9.45 Å². The Kier molecular flexibility index (Phi) is 6.75. The molecule has 0 spiro atoms. The molecule has 0 N–H and O–H groups in total. The van der Waals surface area contributed by atoms with Crippen LogP contribution in [-0.4, -0.2) is 42.8 Å². The molecule has 0 saturated heterocycles. The Morgan fingerprint density at radius 2 is 1.84 bits per heavy atom. The van der Waals surface area contributed by atoms with E-state index in [0.29, 0.717) is 6.07 Å². The summed E-state index contributed by atoms with van der Waals surface area (Å²) >= 11 is 0. The van der Waals surface area contributed by atoms with Crippen molar-refractivity contribution >= 4 is 21.7 Å². The molecule has 0 bridgehead atoms. The fraction of sp³-hybridized carbons (Fsp3) is 0.222. The van der Waals surface area contributed by atoms with Gasteiger partial charge in [0, 0.05) is 26.2 Å². The van der Waals surface area contributed by atoms with Crippen LogP contribution in [0.3, 0.4) is 0 Å². The number of hydrogen-bond donors (Lipinski definition) is 0. The summed E-state index contributed by atoms with van der Waals surface area (Å²) in [7, 11) is -2.24. The maximum Gasteiger partial charge on any atom is 1.00 e. The molecule has 0 aromatic heterocycles. The first-order valence-electron chi connectivity index (χ1n) is 4.60. The summed E-state index contributed by atoms with van der Waals surface area (Å²) in [5.74, 6) is -0.723. The molecule has 8 nitrogen and oxygen atoms in total. The van der Waals surface area contributed by atoms with Crippen LogP contribution in [0.25, 0.3) is 0 Å². The molecule has 98 valence electrons. The zero-order valence-electron chi connectivity index (χ0n) is 10.5. The van der Waals surface area contributed by atoms with Crippen molar-refractivity contribution in [2.24, 2.45) is 0 Å². The summed E-state index contributed by atoms with van der Waals surface area (Å²) in [6, 6.07) is 2.50. The number of amides is 1. The minimum Gasteiger partial charge on any atom is -0.744 e. The van der Waals surface area contributed by atoms with Crippen LogP contribution in [0.5, 0.6) is 0 Å². The summed E-state index contributed by atoms with van der Waals surface area (Å²) in [6.45, 7) is 0. The Morgan fingerprint density at radius 1 is 1.32 bits per heavy atom. The minimum atomic E-state index is -4.97. The third-order valence-electron chi connectivity index (χ3n) is 2.08. The number of carbonyl (C=O) groups excluding carboxylic acids is 1. The molecule has 1 aromatic rings. The molecule has 0 aliphatic carbocycles. The Balaban J connectivity index is 0.00000324. The average molecular weight is 312 g/mol. The van der Waals surface area contributed by atoms with E-state index in [4.69, 9.17) is 0 Å². The van der Waals surface area contributed by atoms with Gasteiger partial charge in [-0.25, -0.2) is 8.42 Å². The number of carbonyl (C=O) groups is 1. The molecule has 0 atom stereocenters. The molecule has 0 aliphatic heterocycles. The molecule has 0 aliphatic rings. The molecule has 10 heteroatoms. The van der Waals surface area contributed by atoms with Crippen LogP contribution in [0.4, 0.5) is 5.69 Å². The molecule has 0 radical (unpaired) electrons. The molecule has 1 amide bonds. The van der Waals surface area contributed by atoms with Crippen LogP contribution >= 0.6 is 0 Å². The van der Waals surface area contributed by atoms with Gasteiger partial charge >= 0.3 is 51.4 Å². The monoisotopic (exact) mass is 312 g/mol. The van der Waals surface area contributed by atoms with Gasteiger partial charge in [0.15, 0.2) is 0 Å². The topological polar surface area (TPSA) is 121 Å². The number of benzene rings is 1. The second-order valence-electron chi connectivity index (χ2n) is 3.59. The number of nitrogens with zero attached hydrogens (tertiary/aromatic N) is 2. The average Bonchev–Trinajstić information content (AvgIpc) is 2.25. The van der Waals surface area contributed by atoms with Crippen molar-refractivity contribution in [3.8, 4) is 0 Å². The van der Waals surface area contributed by atoms with Crippen molar-refractivity contribution in [1.82, 2.24) is 4.90 Å². The quantitative estimate of drug-likeness (QED) is 0.257. The minimum absolute atomic E-state index is 0. The third-order valence-corrected chi connectivity index (χ3v) is 2.96. The van der Waals surface area contributed by atoms with Gasteiger partial charge in [-0.05, 0) is 6.07 Å². The van der Waals surface area contributed by atoms with Gasteiger partial charge in [0.05, 0.1) is 15.4 Å². The van der Waals surface area contributed by atoms with E-state index in [0.717, 1.165) is 17.0 Å². The predicted octanol–water partition coefficient (Wildman–Crippen LogP) is -2.80. The maximum absolute atomic E-state index is 11.6. The standard InChI is InChI=1S/C9H10N2O6S.K/c1-10(2)9(12)7-4-3-6(11(13)14)5-8(7)18(15,16)17;/h3-5H,1-2H3,(H,15,16,17);/q;+1/p-1. The van der Waals surface area contributed by atoms with E-state index in [1.807, 2.05) is 0 Å². The van der Waals surface area contributed by atoms with E-state index >= 15 is 0 Å². The van der Waals surface area contributed by atoms with Crippen LogP contribution in [0.1, 0.15) is 10.4 Å². The molecule has 0 saturated carbocycles. The van der Waals surface area contributed by atoms with Crippen molar-refractivity contribution in [2.75, 3.05) is 14.1 Å². The molecular formula is C9H9KN2O6S. The first-order chi connectivity index (χ1) is 8.14. The van der Waals surface area contributed by atoms with Crippen LogP contribution in [0.15, 0.2) is 23.1 Å². The number of nitro benzene ring substituents is 1. The summed E-state index contributed by atoms with van der Waals surface area (Å²) in [5.41, 5.74) is -0.958. The second-order valence-corrected chi connectivity index (χ2v) is 4.94. The number of non-ortho nitro benzene ring substituents is 1. The summed E-state index contributed by atoms with van der Waals surface area (Å²) in [4.78, 5) is 21.5. The zero-order chi connectivity index (χ0) is 14.1. The van der Waals surface area contributed by atoms with E-state index in [-0.39, 0.29) is 56.9 Å². The fourth-order valence-electron chi connectivity index (χ4n) is 1.25. The van der Waals surface area contributed by atoms with Crippen LogP contribution in [0.2, 0.25) is 0 Å². The largest absolute Gasteiger partial charge is 1.00 e. The van der Waals surface area contributed by atoms with Crippen LogP contribution in [-0.2, 0) is 10.1 Å². The van der Waals surface area contributed by atoms with Gasteiger partial charge in [0.2, 0.25) is 0 Å². The predicted molar refractivity (Wildman–Crippen MR) is 59.1 cm³/mol. The Morgan fingerprint density at radius 3 is 2.21 bits per heavy atom. The smallest absolute Gasteiger partial charge is 0.744 e. The first-order valence-corrected chi connectivity index (χ1v) is 6.01. The summed E-state index contributed by atoms with van der Waals surface area (Å²) in [6.07, 6.45) is 0. The number of nitro groups is 1. The van der Waals surface area contributed by atoms with E-state index in [1.54, 1.807) is 0 Å². The maximum atomic E-state index is 11.6. The van der Waals surface area contributed by atoms with E-state index in [1.165, 1.54) is 14.1 Å². The van der Waals surface area contributed by atoms with Crippen molar-refractivity contribution in [3.05, 3.63) is 33.9 Å². The molecular weight excluding hydrogens is 303 g/mol. The van der Waals surface area contributed by atoms with Crippen molar-refractivity contribution in [3.63, 3.8) is 0 Å². The van der Waals surface area contributed by atoms with Gasteiger partial charge in [-0.1, -0.05) is 0 Å². The molecule has 1 aromatic carbocycles. The molecule has 0 heterocycles. The normalized spacial score (nSPS) is 10.5. The van der Waals surface area contributed by atoms with Gasteiger partial charge in [-0.3, -0.25) is 14.9 Å². The fourth-order valence-corrected chi connectivity index (χ4v) is 1.94. The van der Waals surface area contributed by atoms with Crippen LogP contribution in [0, 0.1) is 10.1 Å². The molecule has 19 heavy (non-hydrogen) atoms. The first kappa shape index (κ1) is 18.6. The van der Waals surface area contributed by atoms with Gasteiger partial charge in [0.1, 0.15) is 10.1 Å². The van der Waals surface area contributed by atoms with Crippen molar-refractivity contribution < 1.29 is 74.1 Å². The van der Waals surface area contributed by atoms with Gasteiger partial charge in [-0.15, -0.1) is 0 Å². The van der Waals surface area contributed by atoms with Crippen molar-refractivity contribution in [1.29, 1.82) is 0 Å².